The number of aliphatic imine (C=N–C) groups is 1. The van der Waals surface area contributed by atoms with E-state index in [1.165, 1.54) is 51.8 Å². The van der Waals surface area contributed by atoms with Crippen LogP contribution in [0.1, 0.15) is 52.5 Å². The Kier molecular flexibility index (Phi) is 6.83. The third-order valence-electron chi connectivity index (χ3n) is 8.28. The fourth-order valence-corrected chi connectivity index (χ4v) is 7.19. The number of rotatable bonds is 5. The van der Waals surface area contributed by atoms with Gasteiger partial charge in [-0.3, -0.25) is 14.9 Å². The lowest BCUT2D eigenvalue weighted by molar-refractivity contribution is -0.384. The van der Waals surface area contributed by atoms with Crippen LogP contribution >= 0.6 is 11.8 Å². The molecule has 2 atom stereocenters. The van der Waals surface area contributed by atoms with Crippen LogP contribution < -0.4 is 10.2 Å². The molecule has 4 aromatic rings. The number of amides is 1. The number of nitro groups is 1. The summed E-state index contributed by atoms with van der Waals surface area (Å²) in [5.74, 6) is 0.315. The number of non-ortho nitro benzene ring substituents is 1. The van der Waals surface area contributed by atoms with E-state index >= 15 is 0 Å². The summed E-state index contributed by atoms with van der Waals surface area (Å²) in [7, 11) is 0. The molecule has 0 radical (unpaired) electrons. The third-order valence-corrected chi connectivity index (χ3v) is 9.19. The van der Waals surface area contributed by atoms with Crippen molar-refractivity contribution in [2.75, 3.05) is 18.0 Å². The molecule has 3 aliphatic heterocycles. The summed E-state index contributed by atoms with van der Waals surface area (Å²) in [6, 6.07) is 32.0. The van der Waals surface area contributed by atoms with Crippen LogP contribution in [-0.4, -0.2) is 29.1 Å². The Morgan fingerprint density at radius 3 is 1.98 bits per heavy atom. The van der Waals surface area contributed by atoms with Gasteiger partial charge in [0.2, 0.25) is 0 Å². The summed E-state index contributed by atoms with van der Waals surface area (Å²) in [5, 5.41) is 14.4. The SMILES string of the molecule is O=C1NC(=Nc2cc3c4c(c2)[C@H](c2ccccc2)CCN4CC[C@@H]3c2ccccc2)S/C1=C\c1ccc([N+](=O)[O-])cc1. The van der Waals surface area contributed by atoms with Gasteiger partial charge in [-0.05, 0) is 82.8 Å². The molecule has 42 heavy (non-hydrogen) atoms. The van der Waals surface area contributed by atoms with Gasteiger partial charge in [-0.15, -0.1) is 0 Å². The van der Waals surface area contributed by atoms with Crippen molar-refractivity contribution >= 4 is 46.0 Å². The second-order valence-corrected chi connectivity index (χ2v) is 11.8. The Morgan fingerprint density at radius 2 is 1.43 bits per heavy atom. The van der Waals surface area contributed by atoms with Crippen molar-refractivity contribution in [3.8, 4) is 0 Å². The van der Waals surface area contributed by atoms with Gasteiger partial charge in [0.1, 0.15) is 0 Å². The number of hydrogen-bond donors (Lipinski definition) is 1. The van der Waals surface area contributed by atoms with Gasteiger partial charge in [-0.2, -0.15) is 0 Å². The molecule has 3 heterocycles. The minimum absolute atomic E-state index is 0.0143. The topological polar surface area (TPSA) is 87.8 Å². The number of nitrogens with one attached hydrogen (secondary N) is 1. The van der Waals surface area contributed by atoms with E-state index in [0.29, 0.717) is 15.6 Å². The largest absolute Gasteiger partial charge is 0.371 e. The Balaban J connectivity index is 1.28. The second kappa shape index (κ2) is 10.9. The van der Waals surface area contributed by atoms with Gasteiger partial charge in [-0.25, -0.2) is 4.99 Å². The Morgan fingerprint density at radius 1 is 0.857 bits per heavy atom. The summed E-state index contributed by atoms with van der Waals surface area (Å²) >= 11 is 1.28. The standard InChI is InChI=1S/C34H28N4O3S/c39-33-31(19-22-11-13-26(14-12-22)38(40)41)42-34(36-33)35-25-20-29-27(23-7-3-1-4-8-23)15-17-37-18-16-28(30(21-25)32(29)37)24-9-5-2-6-10-24/h1-14,19-21,27-28H,15-18H2,(H,35,36,39)/b31-19-/t27-,28+. The summed E-state index contributed by atoms with van der Waals surface area (Å²) in [4.78, 5) is 31.4. The number of amidine groups is 1. The molecule has 0 aromatic heterocycles. The normalized spacial score (nSPS) is 21.3. The fourth-order valence-electron chi connectivity index (χ4n) is 6.35. The molecule has 1 N–H and O–H groups in total. The smallest absolute Gasteiger partial charge is 0.269 e. The molecule has 208 valence electrons. The van der Waals surface area contributed by atoms with Crippen LogP contribution in [0.2, 0.25) is 0 Å². The van der Waals surface area contributed by atoms with Crippen molar-refractivity contribution in [3.63, 3.8) is 0 Å². The average molecular weight is 573 g/mol. The van der Waals surface area contributed by atoms with E-state index in [9.17, 15) is 14.9 Å². The van der Waals surface area contributed by atoms with Crippen molar-refractivity contribution in [1.82, 2.24) is 5.32 Å². The first-order chi connectivity index (χ1) is 20.5. The van der Waals surface area contributed by atoms with E-state index in [2.05, 4.69) is 83.0 Å². The maximum atomic E-state index is 12.8. The molecule has 0 spiro atoms. The zero-order valence-electron chi connectivity index (χ0n) is 22.8. The zero-order valence-corrected chi connectivity index (χ0v) is 23.6. The van der Waals surface area contributed by atoms with Crippen LogP contribution in [0.15, 0.2) is 107 Å². The van der Waals surface area contributed by atoms with Crippen LogP contribution in [0.3, 0.4) is 0 Å². The van der Waals surface area contributed by atoms with Crippen molar-refractivity contribution in [1.29, 1.82) is 0 Å². The first kappa shape index (κ1) is 26.2. The minimum atomic E-state index is -0.436. The highest BCUT2D eigenvalue weighted by Gasteiger charge is 2.35. The highest BCUT2D eigenvalue weighted by molar-refractivity contribution is 8.18. The lowest BCUT2D eigenvalue weighted by Crippen LogP contribution is -2.37. The number of carbonyl (C=O) groups is 1. The predicted octanol–water partition coefficient (Wildman–Crippen LogP) is 7.36. The average Bonchev–Trinajstić information content (AvgIpc) is 3.36. The summed E-state index contributed by atoms with van der Waals surface area (Å²) in [6.07, 6.45) is 3.82. The molecule has 7 nitrogen and oxygen atoms in total. The van der Waals surface area contributed by atoms with Gasteiger partial charge in [0.15, 0.2) is 5.17 Å². The number of hydrogen-bond acceptors (Lipinski definition) is 6. The number of benzene rings is 4. The summed E-state index contributed by atoms with van der Waals surface area (Å²) in [5.41, 5.74) is 8.09. The molecule has 7 rings (SSSR count). The summed E-state index contributed by atoms with van der Waals surface area (Å²) < 4.78 is 0. The number of carbonyl (C=O) groups excluding carboxylic acids is 1. The molecule has 1 saturated heterocycles. The maximum absolute atomic E-state index is 12.8. The highest BCUT2D eigenvalue weighted by atomic mass is 32.2. The highest BCUT2D eigenvalue weighted by Crippen LogP contribution is 2.50. The van der Waals surface area contributed by atoms with E-state index in [0.717, 1.165) is 31.6 Å². The molecule has 4 aromatic carbocycles. The minimum Gasteiger partial charge on any atom is -0.371 e. The maximum Gasteiger partial charge on any atom is 0.269 e. The zero-order chi connectivity index (χ0) is 28.6. The predicted molar refractivity (Wildman–Crippen MR) is 168 cm³/mol. The lowest BCUT2D eigenvalue weighted by Gasteiger charge is -2.43. The lowest BCUT2D eigenvalue weighted by atomic mass is 9.76. The molecule has 0 unspecified atom stereocenters. The number of anilines is 1. The van der Waals surface area contributed by atoms with Gasteiger partial charge in [0.05, 0.1) is 15.5 Å². The van der Waals surface area contributed by atoms with Crippen molar-refractivity contribution in [2.24, 2.45) is 4.99 Å². The van der Waals surface area contributed by atoms with E-state index in [4.69, 9.17) is 4.99 Å². The first-order valence-electron chi connectivity index (χ1n) is 14.1. The molecular weight excluding hydrogens is 544 g/mol. The number of nitrogens with zero attached hydrogens (tertiary/aromatic N) is 3. The Hall–Kier alpha value is -4.69. The van der Waals surface area contributed by atoms with Crippen LogP contribution in [0.5, 0.6) is 0 Å². The Labute approximate surface area is 248 Å². The van der Waals surface area contributed by atoms with Gasteiger partial charge in [0, 0.05) is 42.7 Å². The molecule has 0 bridgehead atoms. The molecule has 8 heteroatoms. The molecule has 0 saturated carbocycles. The van der Waals surface area contributed by atoms with Crippen LogP contribution in [0, 0.1) is 10.1 Å². The van der Waals surface area contributed by atoms with E-state index in [-0.39, 0.29) is 23.4 Å². The van der Waals surface area contributed by atoms with Gasteiger partial charge >= 0.3 is 0 Å². The van der Waals surface area contributed by atoms with Crippen LogP contribution in [0.4, 0.5) is 17.1 Å². The molecular formula is C34H28N4O3S. The Bertz CT molecular complexity index is 1660. The van der Waals surface area contributed by atoms with Crippen LogP contribution in [-0.2, 0) is 4.79 Å². The van der Waals surface area contributed by atoms with E-state index < -0.39 is 4.92 Å². The van der Waals surface area contributed by atoms with Crippen molar-refractivity contribution in [2.45, 2.75) is 24.7 Å². The molecule has 3 aliphatic rings. The summed E-state index contributed by atoms with van der Waals surface area (Å²) in [6.45, 7) is 2.05. The van der Waals surface area contributed by atoms with E-state index in [1.807, 2.05) is 0 Å². The van der Waals surface area contributed by atoms with Crippen molar-refractivity contribution < 1.29 is 9.72 Å². The molecule has 0 aliphatic carbocycles. The van der Waals surface area contributed by atoms with Gasteiger partial charge in [-0.1, -0.05) is 60.7 Å². The van der Waals surface area contributed by atoms with E-state index in [1.54, 1.807) is 18.2 Å². The molecule has 1 fully saturated rings. The monoisotopic (exact) mass is 572 g/mol. The second-order valence-electron chi connectivity index (χ2n) is 10.8. The fraction of sp³-hybridized carbons (Fsp3) is 0.176. The third kappa shape index (κ3) is 4.99. The van der Waals surface area contributed by atoms with Gasteiger partial charge in [0.25, 0.3) is 11.6 Å². The number of thioether (sulfide) groups is 1. The van der Waals surface area contributed by atoms with Crippen molar-refractivity contribution in [3.05, 3.63) is 140 Å². The first-order valence-corrected chi connectivity index (χ1v) is 14.9. The number of nitro benzene ring substituents is 1. The van der Waals surface area contributed by atoms with Gasteiger partial charge < -0.3 is 10.2 Å². The molecule has 1 amide bonds. The van der Waals surface area contributed by atoms with Crippen LogP contribution in [0.25, 0.3) is 6.08 Å². The quantitative estimate of drug-likeness (QED) is 0.153.